The summed E-state index contributed by atoms with van der Waals surface area (Å²) < 4.78 is 152. The van der Waals surface area contributed by atoms with Crippen LogP contribution in [-0.2, 0) is 37.2 Å². The van der Waals surface area contributed by atoms with Crippen molar-refractivity contribution in [2.24, 2.45) is 16.5 Å². The van der Waals surface area contributed by atoms with Gasteiger partial charge in [0.15, 0.2) is 47.0 Å². The summed E-state index contributed by atoms with van der Waals surface area (Å²) in [6, 6.07) is 47.1. The summed E-state index contributed by atoms with van der Waals surface area (Å²) in [5.41, 5.74) is 19.7. The molecule has 0 unspecified atom stereocenters. The van der Waals surface area contributed by atoms with Gasteiger partial charge in [0.25, 0.3) is 11.8 Å². The highest BCUT2D eigenvalue weighted by molar-refractivity contribution is 6.08. The van der Waals surface area contributed by atoms with E-state index >= 15 is 0 Å². The van der Waals surface area contributed by atoms with Crippen LogP contribution in [0.15, 0.2) is 252 Å². The van der Waals surface area contributed by atoms with E-state index in [0.717, 1.165) is 137 Å². The van der Waals surface area contributed by atoms with E-state index in [1.807, 2.05) is 42.5 Å². The molecule has 744 valence electrons. The fraction of sp³-hybridized carbons (Fsp3) is 0.272. The third-order valence-electron chi connectivity index (χ3n) is 26.0. The number of rotatable bonds is 18. The van der Waals surface area contributed by atoms with Crippen molar-refractivity contribution in [2.75, 3.05) is 126 Å². The maximum atomic E-state index is 14.0. The molecule has 0 aliphatic carbocycles. The molecule has 9 aromatic heterocycles. The van der Waals surface area contributed by atoms with Gasteiger partial charge >= 0.3 is 36.5 Å². The van der Waals surface area contributed by atoms with E-state index in [1.54, 1.807) is 143 Å². The van der Waals surface area contributed by atoms with E-state index in [4.69, 9.17) is 40.0 Å². The number of ether oxygens (including phenoxy) is 1. The lowest BCUT2D eigenvalue weighted by Crippen LogP contribution is -2.48. The molecular weight excluding hydrogens is 1890 g/mol. The predicted octanol–water partition coefficient (Wildman–Crippen LogP) is 20.4. The van der Waals surface area contributed by atoms with Crippen LogP contribution in [0.1, 0.15) is 86.6 Å². The fourth-order valence-electron chi connectivity index (χ4n) is 19.0. The second-order valence-electron chi connectivity index (χ2n) is 35.8. The zero-order valence-electron chi connectivity index (χ0n) is 78.4. The number of nitrogens with two attached hydrogens (primary N) is 2. The summed E-state index contributed by atoms with van der Waals surface area (Å²) in [4.78, 5) is 116. The number of amides is 8. The van der Waals surface area contributed by atoms with Crippen LogP contribution in [0.5, 0.6) is 5.75 Å². The third kappa shape index (κ3) is 21.0. The first kappa shape index (κ1) is 97.1. The van der Waals surface area contributed by atoms with Crippen molar-refractivity contribution in [3.63, 3.8) is 0 Å². The first-order valence-electron chi connectivity index (χ1n) is 46.6. The number of pyridine rings is 6. The number of carbonyl (C=O) groups is 4. The molecule has 5 aromatic carbocycles. The summed E-state index contributed by atoms with van der Waals surface area (Å²) >= 11 is 0. The lowest BCUT2D eigenvalue weighted by molar-refractivity contribution is -0.138. The third-order valence-corrected chi connectivity index (χ3v) is 26.0. The molecule has 17 heterocycles. The number of nitrogens with one attached hydrogen (secondary N) is 4. The Bertz CT molecular complexity index is 7200. The van der Waals surface area contributed by atoms with Crippen LogP contribution < -0.4 is 76.7 Å². The Morgan fingerprint density at radius 2 is 0.945 bits per heavy atom. The molecule has 8 aliphatic rings. The maximum absolute atomic E-state index is 14.0. The number of nitrogens with zero attached hydrogens (tertiary/aromatic N) is 19. The molecule has 8 bridgehead atoms. The van der Waals surface area contributed by atoms with Crippen LogP contribution in [0.25, 0.3) is 67.7 Å². The molecule has 32 nitrogen and oxygen atoms in total. The number of hydrogen-bond acceptors (Lipinski definition) is 23. The second-order valence-corrected chi connectivity index (χ2v) is 35.8. The van der Waals surface area contributed by atoms with E-state index < -0.39 is 41.4 Å². The number of urea groups is 4. The van der Waals surface area contributed by atoms with Crippen molar-refractivity contribution in [3.05, 3.63) is 272 Å². The Balaban J connectivity index is 0.000000123. The predicted molar refractivity (Wildman–Crippen MR) is 529 cm³/mol. The van der Waals surface area contributed by atoms with Gasteiger partial charge in [0.2, 0.25) is 5.89 Å². The molecule has 4 saturated heterocycles. The lowest BCUT2D eigenvalue weighted by Gasteiger charge is -2.36. The van der Waals surface area contributed by atoms with Crippen molar-refractivity contribution in [1.29, 1.82) is 0 Å². The van der Waals surface area contributed by atoms with E-state index in [9.17, 15) is 63.1 Å². The molecule has 22 rings (SSSR count). The van der Waals surface area contributed by atoms with E-state index in [2.05, 4.69) is 80.7 Å². The van der Waals surface area contributed by atoms with Gasteiger partial charge in [-0.15, -0.1) is 0 Å². The van der Waals surface area contributed by atoms with Crippen LogP contribution in [0.2, 0.25) is 0 Å². The lowest BCUT2D eigenvalue weighted by atomic mass is 10.0. The van der Waals surface area contributed by atoms with Crippen molar-refractivity contribution in [3.8, 4) is 73.4 Å². The van der Waals surface area contributed by atoms with Gasteiger partial charge < -0.3 is 55.3 Å². The van der Waals surface area contributed by atoms with Gasteiger partial charge in [-0.2, -0.15) is 26.3 Å². The molecule has 4 atom stereocenters. The number of fused-ring (bicyclic) bond motifs is 16. The Hall–Kier alpha value is -16.7. The topological polar surface area (TPSA) is 371 Å². The van der Waals surface area contributed by atoms with Crippen LogP contribution in [0, 0.1) is 0 Å². The molecule has 0 radical (unpaired) electrons. The minimum absolute atomic E-state index is 0.0564. The highest BCUT2D eigenvalue weighted by Crippen LogP contribution is 2.50. The number of halogens is 10. The number of anilines is 12. The molecule has 8 aliphatic heterocycles. The van der Waals surface area contributed by atoms with Crippen LogP contribution in [0.4, 0.5) is 132 Å². The van der Waals surface area contributed by atoms with Gasteiger partial charge in [-0.1, -0.05) is 72.8 Å². The first-order valence-corrected chi connectivity index (χ1v) is 46.6. The second kappa shape index (κ2) is 40.4. The monoisotopic (exact) mass is 1980 g/mol. The molecular formula is C103H95F10N25O7. The molecule has 0 saturated carbocycles. The highest BCUT2D eigenvalue weighted by Gasteiger charge is 2.47. The minimum Gasteiger partial charge on any atom is -0.494 e. The van der Waals surface area contributed by atoms with E-state index in [1.165, 1.54) is 61.5 Å². The van der Waals surface area contributed by atoms with Gasteiger partial charge in [-0.3, -0.25) is 45.2 Å². The number of carbonyl (C=O) groups excluding carboxylic acids is 4. The van der Waals surface area contributed by atoms with Crippen LogP contribution in [-0.4, -0.2) is 170 Å². The van der Waals surface area contributed by atoms with Crippen LogP contribution in [0.3, 0.4) is 0 Å². The Morgan fingerprint density at radius 3 is 1.47 bits per heavy atom. The zero-order valence-corrected chi connectivity index (χ0v) is 78.4. The largest absolute Gasteiger partial charge is 0.494 e. The number of aromatic nitrogens is 10. The number of hydrogen-bond donors (Lipinski definition) is 6. The maximum Gasteiger partial charge on any atom is 0.417 e. The van der Waals surface area contributed by atoms with Gasteiger partial charge in [-0.25, -0.2) is 76.6 Å². The minimum atomic E-state index is -4.51. The molecule has 14 aromatic rings. The zero-order chi connectivity index (χ0) is 101. The number of amidine groups is 1. The van der Waals surface area contributed by atoms with Crippen molar-refractivity contribution in [1.82, 2.24) is 49.8 Å². The SMILES string of the molecule is CC(F)(F)c1cccc(-c2ccc3c(n2)N(C(=O)Nc2ccc(CCCN)c(-c4cnco4)c2)[C@H]2CCN3C2)c1.CC(N)=NCc1ncc(-c2cccc(NC(=O)N3c4nc(-c5cccc(C(F)(F)F)c5)ccc4N4CC[C@H]3C4)c2)o1.COc1cc(-c2cccc(C(C)(F)F)c2)nc2c1N1CC[C@@H](C1)N2C(=O)Nc1ccccn1.O=C(Nc1cnccn1)N1c2nc(-c3cncc(C(F)(F)F)c3)ccc2N2CC[C@H]1C2. The fourth-order valence-corrected chi connectivity index (χ4v) is 19.0. The summed E-state index contributed by atoms with van der Waals surface area (Å²) in [6.45, 7) is 9.99. The molecule has 4 fully saturated rings. The molecule has 42 heteroatoms. The standard InChI is InChI=1S/C30H30F2N6O2.C29H26F3N7O2.C24H23F2N5O2.C20H16F3N7O/c1-30(31,32)21-6-2-4-20(14-21)25-9-10-26-28(36-25)38(23-11-13-37(26)17-23)29(39)35-22-8-7-19(5-3-12-33)24(15-22)27-16-34-18-40-27;1-17(33)34-15-26-35-14-25(41-26)19-5-3-7-21(13-19)36-28(40)39-22-10-11-38(16-22)24-9-8-23(37-27(24)39)18-4-2-6-20(12-18)29(30,31)32;1-24(25,26)16-7-5-6-15(12-16)18-13-19(33-2)21-22(28-18)31(17-9-11-30(21)14-17)23(32)29-20-8-3-4-10-27-20;21-20(22,23)13-7-12(8-25-9-13)15-1-2-16-18(27-15)30(14-3-6-29(16)11-14)19(31)28-17-10-24-4-5-26-17/h2,4,6-10,14-16,18,23H,3,5,11-13,17,33H2,1H3,(H,35,39);2-9,12-14,22H,10-11,15-16H2,1H3,(H2,33,34)(H,36,40);3-8,10,12-13,17H,9,11,14H2,1-2H3,(H,27,29,32);1-2,4-5,7-10,14H,3,6,11H2,(H,26,28,31)/t23-;22-;17-;14-/m0000/s1. The Labute approximate surface area is 823 Å². The highest BCUT2D eigenvalue weighted by atomic mass is 19.4. The average molecular weight is 1990 g/mol. The molecule has 8 N–H and O–H groups in total. The van der Waals surface area contributed by atoms with E-state index in [-0.39, 0.29) is 65.5 Å². The molecule has 145 heavy (non-hydrogen) atoms. The number of methoxy groups -OCH3 is 1. The van der Waals surface area contributed by atoms with Gasteiger partial charge in [0.1, 0.15) is 23.8 Å². The van der Waals surface area contributed by atoms with Crippen molar-refractivity contribution in [2.45, 2.75) is 114 Å². The van der Waals surface area contributed by atoms with Crippen LogP contribution >= 0.6 is 0 Å². The smallest absolute Gasteiger partial charge is 0.417 e. The van der Waals surface area contributed by atoms with E-state index in [0.29, 0.717) is 153 Å². The number of benzene rings is 5. The summed E-state index contributed by atoms with van der Waals surface area (Å²) in [5.74, 6) is -0.923. The van der Waals surface area contributed by atoms with Gasteiger partial charge in [0, 0.05) is 159 Å². The number of alkyl halides is 10. The number of aryl methyl sites for hydroxylation is 1. The average Bonchev–Trinajstić information content (AvgIpc) is 1.64. The van der Waals surface area contributed by atoms with Crippen molar-refractivity contribution >= 4 is 99.0 Å². The summed E-state index contributed by atoms with van der Waals surface area (Å²) in [6.07, 6.45) is 8.41. The number of oxazole rings is 2. The Kier molecular flexibility index (Phi) is 27.0. The normalized spacial score (nSPS) is 16.8. The first-order chi connectivity index (χ1) is 69.7. The quantitative estimate of drug-likeness (QED) is 0.0264. The van der Waals surface area contributed by atoms with Crippen molar-refractivity contribution < 1.29 is 76.7 Å². The Morgan fingerprint density at radius 1 is 0.448 bits per heavy atom. The van der Waals surface area contributed by atoms with Gasteiger partial charge in [-0.05, 0) is 161 Å². The van der Waals surface area contributed by atoms with Gasteiger partial charge in [0.05, 0.1) is 107 Å². The summed E-state index contributed by atoms with van der Waals surface area (Å²) in [5, 5.41) is 11.6. The molecule has 0 spiro atoms. The molecule has 8 amide bonds. The summed E-state index contributed by atoms with van der Waals surface area (Å²) in [7, 11) is 1.55. The number of aliphatic imine (C=N–C) groups is 1.